The third-order valence-corrected chi connectivity index (χ3v) is 6.85. The number of amides is 1. The predicted molar refractivity (Wildman–Crippen MR) is 117 cm³/mol. The molecular formula is C19H26BrN5O4S. The summed E-state index contributed by atoms with van der Waals surface area (Å²) in [7, 11) is 1.63. The number of esters is 1. The fourth-order valence-electron chi connectivity index (χ4n) is 3.36. The molecule has 11 heteroatoms. The van der Waals surface area contributed by atoms with E-state index in [1.165, 1.54) is 11.3 Å². The fraction of sp³-hybridized carbons (Fsp3) is 0.579. The van der Waals surface area contributed by atoms with Crippen LogP contribution in [0.4, 0.5) is 5.13 Å². The van der Waals surface area contributed by atoms with Crippen LogP contribution in [0, 0.1) is 6.92 Å². The van der Waals surface area contributed by atoms with Crippen molar-refractivity contribution in [1.82, 2.24) is 20.3 Å². The summed E-state index contributed by atoms with van der Waals surface area (Å²) in [6.07, 6.45) is 1.21. The maximum absolute atomic E-state index is 12.6. The van der Waals surface area contributed by atoms with E-state index in [0.717, 1.165) is 17.2 Å². The summed E-state index contributed by atoms with van der Waals surface area (Å²) in [4.78, 5) is 39.2. The Morgan fingerprint density at radius 3 is 2.77 bits per heavy atom. The summed E-state index contributed by atoms with van der Waals surface area (Å²) in [6.45, 7) is 7.14. The fourth-order valence-corrected chi connectivity index (χ4v) is 4.92. The molecule has 0 aromatic carbocycles. The SMILES string of the molecule is CCOC(=O)c1sc(N2CC[C@@H](NC(=O)c3nc(Br)c(CC)[nH]3)[C@@H](OC)C2)nc1C. The minimum Gasteiger partial charge on any atom is -0.462 e. The molecule has 3 heterocycles. The topological polar surface area (TPSA) is 109 Å². The number of H-pyrrole nitrogens is 1. The van der Waals surface area contributed by atoms with Crippen LogP contribution < -0.4 is 10.2 Å². The Balaban J connectivity index is 1.67. The van der Waals surface area contributed by atoms with E-state index < -0.39 is 0 Å². The molecule has 2 N–H and O–H groups in total. The van der Waals surface area contributed by atoms with E-state index >= 15 is 0 Å². The second-order valence-electron chi connectivity index (χ2n) is 6.93. The van der Waals surface area contributed by atoms with Crippen molar-refractivity contribution in [3.8, 4) is 0 Å². The molecule has 2 aromatic heterocycles. The molecule has 9 nitrogen and oxygen atoms in total. The molecule has 3 rings (SSSR count). The van der Waals surface area contributed by atoms with Crippen molar-refractivity contribution in [1.29, 1.82) is 0 Å². The number of imidazole rings is 1. The summed E-state index contributed by atoms with van der Waals surface area (Å²) in [5.41, 5.74) is 1.54. The molecule has 2 aromatic rings. The Hall–Kier alpha value is -1.98. The Kier molecular flexibility index (Phi) is 7.48. The highest BCUT2D eigenvalue weighted by Gasteiger charge is 2.33. The summed E-state index contributed by atoms with van der Waals surface area (Å²) in [6, 6.07) is -0.154. The molecular weight excluding hydrogens is 474 g/mol. The molecule has 1 aliphatic heterocycles. The molecule has 1 aliphatic rings. The highest BCUT2D eigenvalue weighted by atomic mass is 79.9. The number of piperidine rings is 1. The summed E-state index contributed by atoms with van der Waals surface area (Å²) in [5.74, 6) is -0.323. The van der Waals surface area contributed by atoms with Crippen LogP contribution in [-0.2, 0) is 15.9 Å². The van der Waals surface area contributed by atoms with Gasteiger partial charge in [-0.05, 0) is 42.6 Å². The molecule has 2 atom stereocenters. The van der Waals surface area contributed by atoms with Gasteiger partial charge >= 0.3 is 5.97 Å². The van der Waals surface area contributed by atoms with Crippen LogP contribution >= 0.6 is 27.3 Å². The van der Waals surface area contributed by atoms with Crippen molar-refractivity contribution < 1.29 is 19.1 Å². The molecule has 30 heavy (non-hydrogen) atoms. The van der Waals surface area contributed by atoms with E-state index in [9.17, 15) is 9.59 Å². The lowest BCUT2D eigenvalue weighted by atomic mass is 10.0. The highest BCUT2D eigenvalue weighted by molar-refractivity contribution is 9.10. The van der Waals surface area contributed by atoms with E-state index in [2.05, 4.69) is 41.1 Å². The molecule has 1 saturated heterocycles. The number of carbonyl (C=O) groups is 2. The quantitative estimate of drug-likeness (QED) is 0.563. The third kappa shape index (κ3) is 4.84. The van der Waals surface area contributed by atoms with Gasteiger partial charge in [0.15, 0.2) is 11.0 Å². The second kappa shape index (κ2) is 9.88. The Bertz CT molecular complexity index is 915. The minimum atomic E-state index is -0.347. The lowest BCUT2D eigenvalue weighted by Gasteiger charge is -2.37. The molecule has 1 amide bonds. The summed E-state index contributed by atoms with van der Waals surface area (Å²) in [5, 5.41) is 3.78. The number of aryl methyl sites for hydroxylation is 2. The monoisotopic (exact) mass is 499 g/mol. The molecule has 0 spiro atoms. The van der Waals surface area contributed by atoms with Gasteiger partial charge in [0, 0.05) is 25.9 Å². The number of hydrogen-bond acceptors (Lipinski definition) is 8. The maximum Gasteiger partial charge on any atom is 0.350 e. The molecule has 0 radical (unpaired) electrons. The highest BCUT2D eigenvalue weighted by Crippen LogP contribution is 2.29. The van der Waals surface area contributed by atoms with Crippen molar-refractivity contribution in [2.24, 2.45) is 0 Å². The normalized spacial score (nSPS) is 19.0. The number of methoxy groups -OCH3 is 1. The Labute approximate surface area is 187 Å². The van der Waals surface area contributed by atoms with Crippen LogP contribution in [0.15, 0.2) is 4.60 Å². The largest absolute Gasteiger partial charge is 0.462 e. The molecule has 164 valence electrons. The van der Waals surface area contributed by atoms with Gasteiger partial charge in [-0.1, -0.05) is 18.3 Å². The van der Waals surface area contributed by atoms with Gasteiger partial charge in [-0.25, -0.2) is 14.8 Å². The number of aromatic amines is 1. The number of halogens is 1. The average molecular weight is 500 g/mol. The first-order valence-electron chi connectivity index (χ1n) is 9.85. The molecule has 0 unspecified atom stereocenters. The zero-order chi connectivity index (χ0) is 21.8. The van der Waals surface area contributed by atoms with Gasteiger partial charge in [0.25, 0.3) is 5.91 Å². The van der Waals surface area contributed by atoms with Crippen molar-refractivity contribution >= 4 is 44.3 Å². The first-order valence-corrected chi connectivity index (χ1v) is 11.5. The molecule has 0 bridgehead atoms. The van der Waals surface area contributed by atoms with Gasteiger partial charge in [0.05, 0.1) is 24.4 Å². The molecule has 1 fully saturated rings. The van der Waals surface area contributed by atoms with Crippen molar-refractivity contribution in [2.45, 2.75) is 45.8 Å². The lowest BCUT2D eigenvalue weighted by Crippen LogP contribution is -2.55. The van der Waals surface area contributed by atoms with Crippen LogP contribution in [0.5, 0.6) is 0 Å². The second-order valence-corrected chi connectivity index (χ2v) is 8.66. The zero-order valence-electron chi connectivity index (χ0n) is 17.5. The van der Waals surface area contributed by atoms with Crippen molar-refractivity contribution in [3.63, 3.8) is 0 Å². The number of rotatable bonds is 7. The number of carbonyl (C=O) groups excluding carboxylic acids is 2. The summed E-state index contributed by atoms with van der Waals surface area (Å²) >= 11 is 4.69. The van der Waals surface area contributed by atoms with E-state index in [0.29, 0.717) is 41.3 Å². The van der Waals surface area contributed by atoms with Crippen LogP contribution in [0.2, 0.25) is 0 Å². The summed E-state index contributed by atoms with van der Waals surface area (Å²) < 4.78 is 11.4. The van der Waals surface area contributed by atoms with Gasteiger partial charge in [0.2, 0.25) is 0 Å². The third-order valence-electron chi connectivity index (χ3n) is 4.99. The number of ether oxygens (including phenoxy) is 2. The minimum absolute atomic E-state index is 0.154. The van der Waals surface area contributed by atoms with E-state index in [-0.39, 0.29) is 29.8 Å². The number of hydrogen-bond donors (Lipinski definition) is 2. The number of aromatic nitrogens is 3. The predicted octanol–water partition coefficient (Wildman–Crippen LogP) is 2.70. The number of nitrogens with one attached hydrogen (secondary N) is 2. The number of anilines is 1. The van der Waals surface area contributed by atoms with Crippen molar-refractivity contribution in [2.75, 3.05) is 31.7 Å². The molecule has 0 saturated carbocycles. The standard InChI is InChI=1S/C19H26BrN5O4S/c1-5-11-15(20)24-16(22-11)17(26)23-12-7-8-25(9-13(12)28-4)19-21-10(3)14(30-19)18(27)29-6-2/h12-13H,5-9H2,1-4H3,(H,22,24)(H,23,26)/t12-,13+/m1/s1. The first-order chi connectivity index (χ1) is 14.4. The van der Waals surface area contributed by atoms with Crippen molar-refractivity contribution in [3.05, 3.63) is 26.7 Å². The van der Waals surface area contributed by atoms with Gasteiger partial charge in [-0.15, -0.1) is 0 Å². The smallest absolute Gasteiger partial charge is 0.350 e. The lowest BCUT2D eigenvalue weighted by molar-refractivity contribution is 0.0530. The van der Waals surface area contributed by atoms with Crippen LogP contribution in [0.25, 0.3) is 0 Å². The van der Waals surface area contributed by atoms with E-state index in [1.807, 2.05) is 6.92 Å². The van der Waals surface area contributed by atoms with Gasteiger partial charge in [-0.3, -0.25) is 4.79 Å². The average Bonchev–Trinajstić information content (AvgIpc) is 3.31. The Morgan fingerprint density at radius 1 is 1.37 bits per heavy atom. The van der Waals surface area contributed by atoms with Crippen LogP contribution in [0.1, 0.15) is 51.9 Å². The Morgan fingerprint density at radius 2 is 2.13 bits per heavy atom. The van der Waals surface area contributed by atoms with Crippen LogP contribution in [-0.4, -0.2) is 65.8 Å². The van der Waals surface area contributed by atoms with Crippen LogP contribution in [0.3, 0.4) is 0 Å². The van der Waals surface area contributed by atoms with E-state index in [4.69, 9.17) is 9.47 Å². The zero-order valence-corrected chi connectivity index (χ0v) is 19.9. The molecule has 0 aliphatic carbocycles. The van der Waals surface area contributed by atoms with Gasteiger partial charge < -0.3 is 24.7 Å². The first kappa shape index (κ1) is 22.7. The van der Waals surface area contributed by atoms with Gasteiger partial charge in [-0.2, -0.15) is 0 Å². The number of nitrogens with zero attached hydrogens (tertiary/aromatic N) is 3. The number of thiazole rings is 1. The maximum atomic E-state index is 12.6. The van der Waals surface area contributed by atoms with E-state index in [1.54, 1.807) is 21.0 Å². The van der Waals surface area contributed by atoms with Gasteiger partial charge in [0.1, 0.15) is 9.48 Å².